The molecule has 0 aliphatic heterocycles. The van der Waals surface area contributed by atoms with Crippen molar-refractivity contribution in [3.63, 3.8) is 0 Å². The summed E-state index contributed by atoms with van der Waals surface area (Å²) in [4.78, 5) is 10.6. The summed E-state index contributed by atoms with van der Waals surface area (Å²) in [5.41, 5.74) is 0.608. The number of aliphatic hydroxyl groups is 1. The average Bonchev–Trinajstić information content (AvgIpc) is 2.03. The molecule has 4 heteroatoms. The number of carbonyl (C=O) groups is 1. The molecule has 1 aromatic carbocycles. The molecule has 0 saturated carbocycles. The van der Waals surface area contributed by atoms with Crippen LogP contribution in [0.25, 0.3) is 0 Å². The molecule has 0 spiro atoms. The Balaban J connectivity index is 2.89. The van der Waals surface area contributed by atoms with Gasteiger partial charge in [0.25, 0.3) is 0 Å². The molecule has 3 nitrogen and oxygen atoms in total. The Labute approximate surface area is 75.2 Å². The molecule has 70 valence electrons. The van der Waals surface area contributed by atoms with E-state index in [4.69, 9.17) is 5.11 Å². The number of halogens is 1. The van der Waals surface area contributed by atoms with E-state index in [1.807, 2.05) is 0 Å². The van der Waals surface area contributed by atoms with Crippen LogP contribution in [0.15, 0.2) is 18.2 Å². The summed E-state index contributed by atoms with van der Waals surface area (Å²) in [7, 11) is 0. The van der Waals surface area contributed by atoms with Gasteiger partial charge in [-0.1, -0.05) is 6.07 Å². The largest absolute Gasteiger partial charge is 0.392 e. The molecule has 0 heterocycles. The second-order valence-electron chi connectivity index (χ2n) is 2.65. The third-order valence-corrected chi connectivity index (χ3v) is 1.54. The molecule has 1 rings (SSSR count). The van der Waals surface area contributed by atoms with Crippen LogP contribution in [0.3, 0.4) is 0 Å². The molecule has 0 unspecified atom stereocenters. The first-order chi connectivity index (χ1) is 6.13. The van der Waals surface area contributed by atoms with E-state index < -0.39 is 5.82 Å². The van der Waals surface area contributed by atoms with Crippen LogP contribution in [-0.4, -0.2) is 11.0 Å². The van der Waals surface area contributed by atoms with Crippen LogP contribution in [0.4, 0.5) is 10.1 Å². The first kappa shape index (κ1) is 9.67. The molecule has 0 radical (unpaired) electrons. The van der Waals surface area contributed by atoms with E-state index in [2.05, 4.69) is 5.32 Å². The van der Waals surface area contributed by atoms with E-state index >= 15 is 0 Å². The molecule has 1 aromatic rings. The van der Waals surface area contributed by atoms with Crippen LogP contribution >= 0.6 is 0 Å². The van der Waals surface area contributed by atoms with Gasteiger partial charge in [0.1, 0.15) is 5.82 Å². The topological polar surface area (TPSA) is 49.3 Å². The van der Waals surface area contributed by atoms with E-state index in [1.165, 1.54) is 25.1 Å². The zero-order valence-electron chi connectivity index (χ0n) is 7.17. The van der Waals surface area contributed by atoms with Gasteiger partial charge in [-0.05, 0) is 12.1 Å². The quantitative estimate of drug-likeness (QED) is 0.725. The van der Waals surface area contributed by atoms with E-state index in [0.717, 1.165) is 0 Å². The molecule has 0 aliphatic rings. The summed E-state index contributed by atoms with van der Waals surface area (Å²) in [6.45, 7) is 1.00. The maximum atomic E-state index is 13.0. The predicted octanol–water partition coefficient (Wildman–Crippen LogP) is 1.28. The molecular weight excluding hydrogens is 173 g/mol. The number of anilines is 1. The van der Waals surface area contributed by atoms with Gasteiger partial charge in [-0.3, -0.25) is 4.79 Å². The fourth-order valence-electron chi connectivity index (χ4n) is 0.957. The Hall–Kier alpha value is -1.42. The second-order valence-corrected chi connectivity index (χ2v) is 2.65. The summed E-state index contributed by atoms with van der Waals surface area (Å²) in [6, 6.07) is 4.14. The monoisotopic (exact) mass is 183 g/mol. The number of carbonyl (C=O) groups excluding carboxylic acids is 1. The summed E-state index contributed by atoms with van der Waals surface area (Å²) in [6.07, 6.45) is 0. The lowest BCUT2D eigenvalue weighted by molar-refractivity contribution is -0.114. The summed E-state index contributed by atoms with van der Waals surface area (Å²) >= 11 is 0. The first-order valence-corrected chi connectivity index (χ1v) is 3.80. The van der Waals surface area contributed by atoms with Crippen molar-refractivity contribution in [3.8, 4) is 0 Å². The molecule has 0 atom stereocenters. The number of nitrogens with one attached hydrogen (secondary N) is 1. The number of rotatable bonds is 2. The summed E-state index contributed by atoms with van der Waals surface area (Å²) in [5, 5.41) is 11.1. The van der Waals surface area contributed by atoms with Gasteiger partial charge in [-0.25, -0.2) is 4.39 Å². The predicted molar refractivity (Wildman–Crippen MR) is 46.6 cm³/mol. The zero-order chi connectivity index (χ0) is 9.84. The third-order valence-electron chi connectivity index (χ3n) is 1.54. The van der Waals surface area contributed by atoms with E-state index in [0.29, 0.717) is 5.69 Å². The summed E-state index contributed by atoms with van der Waals surface area (Å²) < 4.78 is 13.0. The second kappa shape index (κ2) is 4.00. The van der Waals surface area contributed by atoms with Crippen molar-refractivity contribution < 1.29 is 14.3 Å². The van der Waals surface area contributed by atoms with Gasteiger partial charge in [0.05, 0.1) is 6.61 Å². The van der Waals surface area contributed by atoms with Gasteiger partial charge in [-0.15, -0.1) is 0 Å². The van der Waals surface area contributed by atoms with Gasteiger partial charge in [0, 0.05) is 18.2 Å². The van der Waals surface area contributed by atoms with Crippen molar-refractivity contribution in [3.05, 3.63) is 29.6 Å². The van der Waals surface area contributed by atoms with Crippen molar-refractivity contribution in [2.75, 3.05) is 5.32 Å². The third kappa shape index (κ3) is 2.52. The Bertz CT molecular complexity index is 325. The molecule has 0 bridgehead atoms. The lowest BCUT2D eigenvalue weighted by Crippen LogP contribution is -2.06. The van der Waals surface area contributed by atoms with E-state index in [9.17, 15) is 9.18 Å². The first-order valence-electron chi connectivity index (χ1n) is 3.80. The minimum Gasteiger partial charge on any atom is -0.392 e. The maximum Gasteiger partial charge on any atom is 0.221 e. The zero-order valence-corrected chi connectivity index (χ0v) is 7.17. The fraction of sp³-hybridized carbons (Fsp3) is 0.222. The molecule has 1 amide bonds. The SMILES string of the molecule is CC(=O)Nc1ccc(CO)c(F)c1. The Morgan fingerprint density at radius 2 is 2.31 bits per heavy atom. The van der Waals surface area contributed by atoms with Crippen LogP contribution in [0.1, 0.15) is 12.5 Å². The number of aliphatic hydroxyl groups excluding tert-OH is 1. The molecule has 0 aliphatic carbocycles. The highest BCUT2D eigenvalue weighted by atomic mass is 19.1. The highest BCUT2D eigenvalue weighted by molar-refractivity contribution is 5.88. The van der Waals surface area contributed by atoms with Crippen LogP contribution in [-0.2, 0) is 11.4 Å². The van der Waals surface area contributed by atoms with Gasteiger partial charge >= 0.3 is 0 Å². The van der Waals surface area contributed by atoms with Crippen molar-refractivity contribution >= 4 is 11.6 Å². The fourth-order valence-corrected chi connectivity index (χ4v) is 0.957. The lowest BCUT2D eigenvalue weighted by atomic mass is 10.2. The van der Waals surface area contributed by atoms with E-state index in [-0.39, 0.29) is 18.1 Å². The minimum atomic E-state index is -0.520. The summed E-state index contributed by atoms with van der Waals surface area (Å²) in [5.74, 6) is -0.773. The number of benzene rings is 1. The van der Waals surface area contributed by atoms with Crippen molar-refractivity contribution in [1.29, 1.82) is 0 Å². The van der Waals surface area contributed by atoms with Crippen LogP contribution in [0.5, 0.6) is 0 Å². The number of hydrogen-bond acceptors (Lipinski definition) is 2. The molecule has 0 fully saturated rings. The molecular formula is C9H10FNO2. The number of amides is 1. The lowest BCUT2D eigenvalue weighted by Gasteiger charge is -2.03. The average molecular weight is 183 g/mol. The van der Waals surface area contributed by atoms with Gasteiger partial charge in [-0.2, -0.15) is 0 Å². The molecule has 0 aromatic heterocycles. The van der Waals surface area contributed by atoms with Crippen LogP contribution in [0, 0.1) is 5.82 Å². The minimum absolute atomic E-state index is 0.217. The molecule has 0 saturated heterocycles. The van der Waals surface area contributed by atoms with Crippen molar-refractivity contribution in [2.24, 2.45) is 0 Å². The highest BCUT2D eigenvalue weighted by Gasteiger charge is 2.02. The maximum absolute atomic E-state index is 13.0. The van der Waals surface area contributed by atoms with Gasteiger partial charge < -0.3 is 10.4 Å². The highest BCUT2D eigenvalue weighted by Crippen LogP contribution is 2.14. The smallest absolute Gasteiger partial charge is 0.221 e. The van der Waals surface area contributed by atoms with Crippen LogP contribution < -0.4 is 5.32 Å². The normalized spacial score (nSPS) is 9.77. The van der Waals surface area contributed by atoms with Crippen molar-refractivity contribution in [1.82, 2.24) is 0 Å². The van der Waals surface area contributed by atoms with Gasteiger partial charge in [0.2, 0.25) is 5.91 Å². The Morgan fingerprint density at radius 3 is 2.77 bits per heavy atom. The Kier molecular flexibility index (Phi) is 2.97. The van der Waals surface area contributed by atoms with Crippen molar-refractivity contribution in [2.45, 2.75) is 13.5 Å². The van der Waals surface area contributed by atoms with Gasteiger partial charge in [0.15, 0.2) is 0 Å². The standard InChI is InChI=1S/C9H10FNO2/c1-6(13)11-8-3-2-7(5-12)9(10)4-8/h2-4,12H,5H2,1H3,(H,11,13). The van der Waals surface area contributed by atoms with Crippen LogP contribution in [0.2, 0.25) is 0 Å². The Morgan fingerprint density at radius 1 is 1.62 bits per heavy atom. The number of hydrogen-bond donors (Lipinski definition) is 2. The molecule has 2 N–H and O–H groups in total. The van der Waals surface area contributed by atoms with E-state index in [1.54, 1.807) is 0 Å². The molecule has 13 heavy (non-hydrogen) atoms.